The molecular weight excluding hydrogens is 182 g/mol. The quantitative estimate of drug-likeness (QED) is 0.711. The lowest BCUT2D eigenvalue weighted by Gasteiger charge is -2.13. The van der Waals surface area contributed by atoms with Crippen molar-refractivity contribution in [1.29, 1.82) is 0 Å². The predicted octanol–water partition coefficient (Wildman–Crippen LogP) is -0.0541. The van der Waals surface area contributed by atoms with Crippen LogP contribution in [-0.2, 0) is 4.79 Å². The van der Waals surface area contributed by atoms with Crippen LogP contribution in [0.25, 0.3) is 0 Å². The first kappa shape index (κ1) is 10.5. The number of aromatic nitrogens is 3. The second-order valence-corrected chi connectivity index (χ2v) is 3.43. The highest BCUT2D eigenvalue weighted by Crippen LogP contribution is 2.03. The van der Waals surface area contributed by atoms with Gasteiger partial charge in [0.05, 0.1) is 6.20 Å². The monoisotopic (exact) mass is 197 g/mol. The topological polar surface area (TPSA) is 85.8 Å². The zero-order chi connectivity index (χ0) is 10.7. The molecule has 0 aliphatic carbocycles. The van der Waals surface area contributed by atoms with Gasteiger partial charge in [0, 0.05) is 6.04 Å². The maximum atomic E-state index is 11.5. The van der Waals surface area contributed by atoms with Crippen molar-refractivity contribution in [1.82, 2.24) is 20.3 Å². The first-order valence-electron chi connectivity index (χ1n) is 4.48. The number of amides is 1. The van der Waals surface area contributed by atoms with Crippen molar-refractivity contribution in [3.8, 4) is 0 Å². The van der Waals surface area contributed by atoms with Gasteiger partial charge < -0.3 is 11.1 Å². The SMILES string of the molecule is CC(C)NC(=O)C(C)n1ncc(N)n1. The number of nitrogen functional groups attached to an aromatic ring is 1. The summed E-state index contributed by atoms with van der Waals surface area (Å²) in [6.07, 6.45) is 1.42. The first-order chi connectivity index (χ1) is 6.50. The van der Waals surface area contributed by atoms with Gasteiger partial charge in [-0.05, 0) is 20.8 Å². The molecule has 1 unspecified atom stereocenters. The molecule has 0 bridgehead atoms. The standard InChI is InChI=1S/C8H15N5O/c1-5(2)11-8(14)6(3)13-10-4-7(9)12-13/h4-6H,1-3H3,(H2,9,12)(H,11,14). The minimum Gasteiger partial charge on any atom is -0.381 e. The van der Waals surface area contributed by atoms with Crippen molar-refractivity contribution in [2.24, 2.45) is 0 Å². The lowest BCUT2D eigenvalue weighted by atomic mass is 10.3. The number of nitrogens with one attached hydrogen (secondary N) is 1. The largest absolute Gasteiger partial charge is 0.381 e. The first-order valence-corrected chi connectivity index (χ1v) is 4.48. The van der Waals surface area contributed by atoms with Crippen LogP contribution in [-0.4, -0.2) is 26.9 Å². The van der Waals surface area contributed by atoms with Gasteiger partial charge in [-0.25, -0.2) is 0 Å². The van der Waals surface area contributed by atoms with Gasteiger partial charge in [0.15, 0.2) is 5.82 Å². The molecule has 0 radical (unpaired) electrons. The van der Waals surface area contributed by atoms with E-state index in [0.29, 0.717) is 5.82 Å². The summed E-state index contributed by atoms with van der Waals surface area (Å²) >= 11 is 0. The third-order valence-corrected chi connectivity index (χ3v) is 1.68. The minimum absolute atomic E-state index is 0.109. The molecule has 0 aliphatic rings. The maximum absolute atomic E-state index is 11.5. The second kappa shape index (κ2) is 4.08. The van der Waals surface area contributed by atoms with Crippen molar-refractivity contribution < 1.29 is 4.79 Å². The Morgan fingerprint density at radius 3 is 2.64 bits per heavy atom. The molecule has 0 aromatic carbocycles. The lowest BCUT2D eigenvalue weighted by Crippen LogP contribution is -2.36. The van der Waals surface area contributed by atoms with Crippen LogP contribution in [0, 0.1) is 0 Å². The van der Waals surface area contributed by atoms with E-state index in [1.54, 1.807) is 6.92 Å². The van der Waals surface area contributed by atoms with Crippen LogP contribution in [0.15, 0.2) is 6.20 Å². The Balaban J connectivity index is 2.65. The van der Waals surface area contributed by atoms with Crippen LogP contribution < -0.4 is 11.1 Å². The number of carbonyl (C=O) groups excluding carboxylic acids is 1. The van der Waals surface area contributed by atoms with E-state index >= 15 is 0 Å². The minimum atomic E-state index is -0.435. The molecule has 6 nitrogen and oxygen atoms in total. The Morgan fingerprint density at radius 1 is 1.57 bits per heavy atom. The normalized spacial score (nSPS) is 12.9. The molecule has 0 saturated carbocycles. The van der Waals surface area contributed by atoms with Crippen LogP contribution >= 0.6 is 0 Å². The zero-order valence-electron chi connectivity index (χ0n) is 8.56. The zero-order valence-corrected chi connectivity index (χ0v) is 8.56. The van der Waals surface area contributed by atoms with Crippen molar-refractivity contribution in [3.63, 3.8) is 0 Å². The molecule has 1 aromatic heterocycles. The van der Waals surface area contributed by atoms with E-state index < -0.39 is 6.04 Å². The van der Waals surface area contributed by atoms with Crippen LogP contribution in [0.4, 0.5) is 5.82 Å². The van der Waals surface area contributed by atoms with E-state index in [9.17, 15) is 4.79 Å². The fourth-order valence-corrected chi connectivity index (χ4v) is 0.985. The van der Waals surface area contributed by atoms with Crippen molar-refractivity contribution in [2.75, 3.05) is 5.73 Å². The van der Waals surface area contributed by atoms with Crippen molar-refractivity contribution in [3.05, 3.63) is 6.20 Å². The Hall–Kier alpha value is -1.59. The smallest absolute Gasteiger partial charge is 0.246 e. The summed E-state index contributed by atoms with van der Waals surface area (Å²) in [7, 11) is 0. The summed E-state index contributed by atoms with van der Waals surface area (Å²) in [6, 6.07) is -0.326. The van der Waals surface area contributed by atoms with Gasteiger partial charge in [-0.3, -0.25) is 4.79 Å². The fourth-order valence-electron chi connectivity index (χ4n) is 0.985. The number of nitrogens with two attached hydrogens (primary N) is 1. The Bertz CT molecular complexity index is 319. The summed E-state index contributed by atoms with van der Waals surface area (Å²) in [5, 5.41) is 10.5. The number of rotatable bonds is 3. The third kappa shape index (κ3) is 2.45. The number of anilines is 1. The van der Waals surface area contributed by atoms with Gasteiger partial charge in [0.2, 0.25) is 5.91 Å². The van der Waals surface area contributed by atoms with E-state index in [-0.39, 0.29) is 11.9 Å². The van der Waals surface area contributed by atoms with Crippen LogP contribution in [0.1, 0.15) is 26.8 Å². The summed E-state index contributed by atoms with van der Waals surface area (Å²) in [5.74, 6) is 0.199. The highest BCUT2D eigenvalue weighted by atomic mass is 16.2. The Kier molecular flexibility index (Phi) is 3.06. The molecule has 1 rings (SSSR count). The van der Waals surface area contributed by atoms with Crippen LogP contribution in [0.2, 0.25) is 0 Å². The highest BCUT2D eigenvalue weighted by molar-refractivity contribution is 5.79. The van der Waals surface area contributed by atoms with Crippen molar-refractivity contribution >= 4 is 11.7 Å². The van der Waals surface area contributed by atoms with E-state index in [0.717, 1.165) is 0 Å². The summed E-state index contributed by atoms with van der Waals surface area (Å²) in [5.41, 5.74) is 5.39. The molecule has 0 saturated heterocycles. The molecule has 1 atom stereocenters. The molecule has 1 aromatic rings. The molecule has 0 aliphatic heterocycles. The van der Waals surface area contributed by atoms with Crippen LogP contribution in [0.5, 0.6) is 0 Å². The van der Waals surface area contributed by atoms with E-state index in [1.165, 1.54) is 11.0 Å². The summed E-state index contributed by atoms with van der Waals surface area (Å²) < 4.78 is 0. The van der Waals surface area contributed by atoms with E-state index in [1.807, 2.05) is 13.8 Å². The Morgan fingerprint density at radius 2 is 2.21 bits per heavy atom. The number of carbonyl (C=O) groups is 1. The molecule has 0 spiro atoms. The molecule has 14 heavy (non-hydrogen) atoms. The summed E-state index contributed by atoms with van der Waals surface area (Å²) in [4.78, 5) is 12.8. The molecule has 1 amide bonds. The molecular formula is C8H15N5O. The average molecular weight is 197 g/mol. The number of hydrogen-bond donors (Lipinski definition) is 2. The van der Waals surface area contributed by atoms with Gasteiger partial charge in [0.1, 0.15) is 6.04 Å². The maximum Gasteiger partial charge on any atom is 0.246 e. The summed E-state index contributed by atoms with van der Waals surface area (Å²) in [6.45, 7) is 5.52. The average Bonchev–Trinajstić information content (AvgIpc) is 2.49. The van der Waals surface area contributed by atoms with E-state index in [4.69, 9.17) is 5.73 Å². The van der Waals surface area contributed by atoms with Crippen molar-refractivity contribution in [2.45, 2.75) is 32.9 Å². The molecule has 3 N–H and O–H groups in total. The molecule has 78 valence electrons. The van der Waals surface area contributed by atoms with Gasteiger partial charge in [0.25, 0.3) is 0 Å². The second-order valence-electron chi connectivity index (χ2n) is 3.43. The van der Waals surface area contributed by atoms with Gasteiger partial charge >= 0.3 is 0 Å². The number of nitrogens with zero attached hydrogens (tertiary/aromatic N) is 3. The molecule has 1 heterocycles. The molecule has 0 fully saturated rings. The van der Waals surface area contributed by atoms with Gasteiger partial charge in [-0.2, -0.15) is 9.90 Å². The fraction of sp³-hybridized carbons (Fsp3) is 0.625. The third-order valence-electron chi connectivity index (χ3n) is 1.68. The molecule has 6 heteroatoms. The van der Waals surface area contributed by atoms with Crippen LogP contribution in [0.3, 0.4) is 0 Å². The van der Waals surface area contributed by atoms with E-state index in [2.05, 4.69) is 15.5 Å². The predicted molar refractivity (Wildman–Crippen MR) is 52.4 cm³/mol. The lowest BCUT2D eigenvalue weighted by molar-refractivity contribution is -0.124. The number of hydrogen-bond acceptors (Lipinski definition) is 4. The Labute approximate surface area is 82.5 Å². The van der Waals surface area contributed by atoms with Gasteiger partial charge in [-0.15, -0.1) is 5.10 Å². The van der Waals surface area contributed by atoms with Gasteiger partial charge in [-0.1, -0.05) is 0 Å². The highest BCUT2D eigenvalue weighted by Gasteiger charge is 2.17.